The van der Waals surface area contributed by atoms with Gasteiger partial charge in [-0.25, -0.2) is 4.79 Å². The SMILES string of the molecule is COC(=O)c1c(C(O)c2cccnc2)c2ccccc2n1Cc1ccccc1. The highest BCUT2D eigenvalue weighted by atomic mass is 16.5. The highest BCUT2D eigenvalue weighted by molar-refractivity contribution is 5.99. The molecule has 0 saturated carbocycles. The molecule has 2 aromatic heterocycles. The van der Waals surface area contributed by atoms with Crippen molar-refractivity contribution in [2.75, 3.05) is 7.11 Å². The molecule has 0 aliphatic heterocycles. The Labute approximate surface area is 162 Å². The van der Waals surface area contributed by atoms with Crippen LogP contribution in [0.1, 0.15) is 33.3 Å². The summed E-state index contributed by atoms with van der Waals surface area (Å²) in [7, 11) is 1.35. The molecule has 1 atom stereocenters. The fourth-order valence-corrected chi connectivity index (χ4v) is 3.56. The lowest BCUT2D eigenvalue weighted by Gasteiger charge is -2.14. The lowest BCUT2D eigenvalue weighted by Crippen LogP contribution is -2.15. The van der Waals surface area contributed by atoms with Gasteiger partial charge in [0.1, 0.15) is 11.8 Å². The molecule has 0 fully saturated rings. The van der Waals surface area contributed by atoms with E-state index in [-0.39, 0.29) is 0 Å². The molecule has 4 rings (SSSR count). The highest BCUT2D eigenvalue weighted by Crippen LogP contribution is 2.35. The maximum atomic E-state index is 12.8. The van der Waals surface area contributed by atoms with E-state index in [1.807, 2.05) is 59.2 Å². The second kappa shape index (κ2) is 7.66. The number of fused-ring (bicyclic) bond motifs is 1. The van der Waals surface area contributed by atoms with Gasteiger partial charge in [0.25, 0.3) is 0 Å². The largest absolute Gasteiger partial charge is 0.464 e. The van der Waals surface area contributed by atoms with Crippen LogP contribution in [0.15, 0.2) is 79.1 Å². The number of carbonyl (C=O) groups excluding carboxylic acids is 1. The molecule has 0 amide bonds. The van der Waals surface area contributed by atoms with Gasteiger partial charge in [-0.15, -0.1) is 0 Å². The molecule has 2 heterocycles. The zero-order valence-corrected chi connectivity index (χ0v) is 15.4. The van der Waals surface area contributed by atoms with E-state index in [1.54, 1.807) is 24.5 Å². The Kier molecular flexibility index (Phi) is 4.91. The Balaban J connectivity index is 1.97. The number of benzene rings is 2. The Hall–Kier alpha value is -3.44. The highest BCUT2D eigenvalue weighted by Gasteiger charge is 2.28. The van der Waals surface area contributed by atoms with Crippen LogP contribution in [0.3, 0.4) is 0 Å². The Bertz CT molecular complexity index is 1100. The zero-order chi connectivity index (χ0) is 19.5. The van der Waals surface area contributed by atoms with Gasteiger partial charge in [0, 0.05) is 41.0 Å². The number of hydrogen-bond acceptors (Lipinski definition) is 4. The van der Waals surface area contributed by atoms with Crippen LogP contribution in [0.5, 0.6) is 0 Å². The summed E-state index contributed by atoms with van der Waals surface area (Å²) < 4.78 is 6.99. The Morgan fingerprint density at radius 1 is 1.07 bits per heavy atom. The predicted octanol–water partition coefficient (Wildman–Crippen LogP) is 3.95. The van der Waals surface area contributed by atoms with E-state index in [2.05, 4.69) is 4.98 Å². The van der Waals surface area contributed by atoms with Crippen LogP contribution >= 0.6 is 0 Å². The lowest BCUT2D eigenvalue weighted by atomic mass is 9.99. The van der Waals surface area contributed by atoms with Crippen molar-refractivity contribution in [3.63, 3.8) is 0 Å². The van der Waals surface area contributed by atoms with Crippen LogP contribution in [0.25, 0.3) is 10.9 Å². The summed E-state index contributed by atoms with van der Waals surface area (Å²) in [6.45, 7) is 0.492. The minimum Gasteiger partial charge on any atom is -0.464 e. The van der Waals surface area contributed by atoms with Crippen LogP contribution in [-0.2, 0) is 11.3 Å². The van der Waals surface area contributed by atoms with E-state index >= 15 is 0 Å². The van der Waals surface area contributed by atoms with Crippen molar-refractivity contribution in [2.24, 2.45) is 0 Å². The molecule has 1 N–H and O–H groups in total. The number of nitrogens with zero attached hydrogens (tertiary/aromatic N) is 2. The van der Waals surface area contributed by atoms with Crippen molar-refractivity contribution < 1.29 is 14.6 Å². The molecule has 1 unspecified atom stereocenters. The number of aromatic nitrogens is 2. The molecular weight excluding hydrogens is 352 g/mol. The van der Waals surface area contributed by atoms with E-state index in [4.69, 9.17) is 4.74 Å². The number of ether oxygens (including phenoxy) is 1. The minimum atomic E-state index is -0.996. The van der Waals surface area contributed by atoms with Gasteiger partial charge in [0.2, 0.25) is 0 Å². The molecule has 4 aromatic rings. The number of carbonyl (C=O) groups is 1. The Morgan fingerprint density at radius 3 is 2.54 bits per heavy atom. The summed E-state index contributed by atoms with van der Waals surface area (Å²) in [5.74, 6) is -0.481. The molecule has 0 saturated heterocycles. The summed E-state index contributed by atoms with van der Waals surface area (Å²) in [6.07, 6.45) is 2.26. The first-order valence-electron chi connectivity index (χ1n) is 9.02. The molecule has 2 aromatic carbocycles. The van der Waals surface area contributed by atoms with Gasteiger partial charge in [-0.05, 0) is 17.7 Å². The van der Waals surface area contributed by atoms with E-state index in [9.17, 15) is 9.90 Å². The number of rotatable bonds is 5. The third-order valence-electron chi connectivity index (χ3n) is 4.85. The third kappa shape index (κ3) is 3.17. The maximum absolute atomic E-state index is 12.8. The second-order valence-electron chi connectivity index (χ2n) is 6.53. The van der Waals surface area contributed by atoms with Crippen molar-refractivity contribution in [1.82, 2.24) is 9.55 Å². The molecule has 5 heteroatoms. The van der Waals surface area contributed by atoms with Crippen molar-refractivity contribution in [2.45, 2.75) is 12.6 Å². The van der Waals surface area contributed by atoms with Crippen molar-refractivity contribution >= 4 is 16.9 Å². The number of pyridine rings is 1. The molecular formula is C23H20N2O3. The van der Waals surface area contributed by atoms with Gasteiger partial charge in [-0.3, -0.25) is 4.98 Å². The quantitative estimate of drug-likeness (QED) is 0.539. The number of esters is 1. The predicted molar refractivity (Wildman–Crippen MR) is 107 cm³/mol. The standard InChI is InChI=1S/C23H20N2O3/c1-28-23(27)21-20(22(26)17-10-7-13-24-14-17)18-11-5-6-12-19(18)25(21)15-16-8-3-2-4-9-16/h2-14,22,26H,15H2,1H3. The molecule has 0 spiro atoms. The van der Waals surface area contributed by atoms with Crippen molar-refractivity contribution in [3.8, 4) is 0 Å². The average molecular weight is 372 g/mol. The number of para-hydroxylation sites is 1. The van der Waals surface area contributed by atoms with Crippen molar-refractivity contribution in [3.05, 3.63) is 102 Å². The number of methoxy groups -OCH3 is 1. The molecule has 140 valence electrons. The minimum absolute atomic E-state index is 0.351. The number of aliphatic hydroxyl groups excluding tert-OH is 1. The molecule has 0 aliphatic carbocycles. The molecule has 5 nitrogen and oxygen atoms in total. The van der Waals surface area contributed by atoms with Crippen LogP contribution in [0.4, 0.5) is 0 Å². The molecule has 0 bridgehead atoms. The van der Waals surface area contributed by atoms with E-state index < -0.39 is 12.1 Å². The van der Waals surface area contributed by atoms with Gasteiger partial charge in [0.05, 0.1) is 7.11 Å². The van der Waals surface area contributed by atoms with Gasteiger partial charge < -0.3 is 14.4 Å². The third-order valence-corrected chi connectivity index (χ3v) is 4.85. The Morgan fingerprint density at radius 2 is 1.82 bits per heavy atom. The molecule has 0 aliphatic rings. The first-order valence-corrected chi connectivity index (χ1v) is 9.02. The molecule has 28 heavy (non-hydrogen) atoms. The smallest absolute Gasteiger partial charge is 0.355 e. The topological polar surface area (TPSA) is 64.3 Å². The van der Waals surface area contributed by atoms with Gasteiger partial charge in [-0.2, -0.15) is 0 Å². The summed E-state index contributed by atoms with van der Waals surface area (Å²) in [6, 6.07) is 21.1. The summed E-state index contributed by atoms with van der Waals surface area (Å²) in [5, 5.41) is 11.9. The van der Waals surface area contributed by atoms with Gasteiger partial charge >= 0.3 is 5.97 Å². The fourth-order valence-electron chi connectivity index (χ4n) is 3.56. The second-order valence-corrected chi connectivity index (χ2v) is 6.53. The lowest BCUT2D eigenvalue weighted by molar-refractivity contribution is 0.0584. The fraction of sp³-hybridized carbons (Fsp3) is 0.130. The van der Waals surface area contributed by atoms with Crippen LogP contribution < -0.4 is 0 Å². The maximum Gasteiger partial charge on any atom is 0.355 e. The first kappa shape index (κ1) is 17.9. The van der Waals surface area contributed by atoms with E-state index in [1.165, 1.54) is 7.11 Å². The zero-order valence-electron chi connectivity index (χ0n) is 15.4. The molecule has 0 radical (unpaired) electrons. The normalized spacial score (nSPS) is 12.1. The summed E-state index contributed by atoms with van der Waals surface area (Å²) in [5.41, 5.74) is 3.42. The number of hydrogen-bond donors (Lipinski definition) is 1. The van der Waals surface area contributed by atoms with Gasteiger partial charge in [0.15, 0.2) is 0 Å². The van der Waals surface area contributed by atoms with Crippen LogP contribution in [0.2, 0.25) is 0 Å². The van der Waals surface area contributed by atoms with E-state index in [0.717, 1.165) is 16.5 Å². The number of aliphatic hydroxyl groups is 1. The first-order chi connectivity index (χ1) is 13.7. The monoisotopic (exact) mass is 372 g/mol. The van der Waals surface area contributed by atoms with Crippen LogP contribution in [-0.4, -0.2) is 27.7 Å². The summed E-state index contributed by atoms with van der Waals surface area (Å²) >= 11 is 0. The average Bonchev–Trinajstić information content (AvgIpc) is 3.08. The van der Waals surface area contributed by atoms with Crippen LogP contribution in [0, 0.1) is 0 Å². The van der Waals surface area contributed by atoms with E-state index in [0.29, 0.717) is 23.4 Å². The summed E-state index contributed by atoms with van der Waals surface area (Å²) in [4.78, 5) is 16.9. The van der Waals surface area contributed by atoms with Crippen molar-refractivity contribution in [1.29, 1.82) is 0 Å². The van der Waals surface area contributed by atoms with Gasteiger partial charge in [-0.1, -0.05) is 54.6 Å².